The molecule has 1 aliphatic rings. The van der Waals surface area contributed by atoms with Gasteiger partial charge in [-0.1, -0.05) is 32.0 Å². The van der Waals surface area contributed by atoms with Gasteiger partial charge in [0.15, 0.2) is 0 Å². The number of anilines is 1. The molecule has 0 spiro atoms. The van der Waals surface area contributed by atoms with E-state index in [9.17, 15) is 13.2 Å². The molecule has 2 aromatic carbocycles. The zero-order valence-corrected chi connectivity index (χ0v) is 17.2. The third kappa shape index (κ3) is 3.41. The Morgan fingerprint density at radius 1 is 1.25 bits per heavy atom. The van der Waals surface area contributed by atoms with Crippen molar-refractivity contribution < 1.29 is 13.2 Å². The van der Waals surface area contributed by atoms with Gasteiger partial charge in [0.25, 0.3) is 0 Å². The van der Waals surface area contributed by atoms with E-state index in [1.54, 1.807) is 12.1 Å². The van der Waals surface area contributed by atoms with Crippen molar-refractivity contribution >= 4 is 44.4 Å². The summed E-state index contributed by atoms with van der Waals surface area (Å²) in [6, 6.07) is 10.7. The summed E-state index contributed by atoms with van der Waals surface area (Å²) in [5, 5.41) is 0. The molecule has 0 aliphatic carbocycles. The largest absolute Gasteiger partial charge is 0.312 e. The fraction of sp³-hybridized carbons (Fsp3) is 0.316. The number of nitrogens with one attached hydrogen (secondary N) is 1. The number of carbonyl (C=O) groups excluding carboxylic acids is 1. The molecule has 146 valence electrons. The summed E-state index contributed by atoms with van der Waals surface area (Å²) in [7, 11) is -3.71. The first kappa shape index (κ1) is 19.0. The van der Waals surface area contributed by atoms with E-state index in [1.807, 2.05) is 36.9 Å². The molecule has 1 aliphatic heterocycles. The number of amides is 1. The highest BCUT2D eigenvalue weighted by atomic mass is 32.2. The molecule has 0 bridgehead atoms. The zero-order valence-electron chi connectivity index (χ0n) is 15.5. The molecule has 0 radical (unpaired) electrons. The van der Waals surface area contributed by atoms with E-state index < -0.39 is 10.0 Å². The topological polar surface area (TPSA) is 92.3 Å². The number of carbonyl (C=O) groups is 1. The maximum atomic E-state index is 12.7. The Labute approximate surface area is 167 Å². The molecular formula is C19H20N4O3S2. The summed E-state index contributed by atoms with van der Waals surface area (Å²) < 4.78 is 36.3. The maximum absolute atomic E-state index is 12.7. The molecule has 7 nitrogen and oxygen atoms in total. The minimum atomic E-state index is -3.71. The molecule has 1 amide bonds. The van der Waals surface area contributed by atoms with Gasteiger partial charge < -0.3 is 4.90 Å². The maximum Gasteiger partial charge on any atom is 0.243 e. The Bertz CT molecular complexity index is 1150. The molecule has 1 aromatic heterocycles. The summed E-state index contributed by atoms with van der Waals surface area (Å²) >= 11 is 0.991. The van der Waals surface area contributed by atoms with Crippen LogP contribution in [0.3, 0.4) is 0 Å². The number of fused-ring (bicyclic) bond motifs is 2. The number of hydrogen-bond acceptors (Lipinski definition) is 6. The van der Waals surface area contributed by atoms with Gasteiger partial charge in [-0.15, -0.1) is 0 Å². The number of sulfonamides is 1. The first-order valence-corrected chi connectivity index (χ1v) is 11.2. The van der Waals surface area contributed by atoms with Gasteiger partial charge in [-0.3, -0.25) is 4.79 Å². The number of benzene rings is 2. The number of aromatic nitrogens is 2. The second-order valence-corrected chi connectivity index (χ2v) is 9.33. The van der Waals surface area contributed by atoms with Gasteiger partial charge in [-0.05, 0) is 35.7 Å². The van der Waals surface area contributed by atoms with E-state index in [-0.39, 0.29) is 23.3 Å². The molecule has 0 fully saturated rings. The summed E-state index contributed by atoms with van der Waals surface area (Å²) in [6.45, 7) is 4.62. The van der Waals surface area contributed by atoms with Crippen molar-refractivity contribution in [2.75, 3.05) is 11.4 Å². The van der Waals surface area contributed by atoms with Crippen molar-refractivity contribution in [3.63, 3.8) is 0 Å². The van der Waals surface area contributed by atoms with Gasteiger partial charge in [-0.2, -0.15) is 8.75 Å². The van der Waals surface area contributed by atoms with Gasteiger partial charge in [0, 0.05) is 24.7 Å². The SMILES string of the molecule is CC(C)C(=O)N1CCc2cc(CNS(=O)(=O)c3cccc4nsnc34)ccc21. The molecule has 4 rings (SSSR count). The number of hydrogen-bond donors (Lipinski definition) is 1. The Morgan fingerprint density at radius 2 is 2.07 bits per heavy atom. The second-order valence-electron chi connectivity index (χ2n) is 7.07. The van der Waals surface area contributed by atoms with Crippen molar-refractivity contribution in [1.29, 1.82) is 0 Å². The minimum Gasteiger partial charge on any atom is -0.312 e. The molecule has 3 aromatic rings. The Hall–Kier alpha value is -2.36. The van der Waals surface area contributed by atoms with Gasteiger partial charge in [0.1, 0.15) is 15.9 Å². The lowest BCUT2D eigenvalue weighted by Gasteiger charge is -2.19. The van der Waals surface area contributed by atoms with Gasteiger partial charge in [0.2, 0.25) is 15.9 Å². The Kier molecular flexibility index (Phi) is 4.90. The van der Waals surface area contributed by atoms with Gasteiger partial charge >= 0.3 is 0 Å². The third-order valence-electron chi connectivity index (χ3n) is 4.80. The van der Waals surface area contributed by atoms with Crippen LogP contribution in [0, 0.1) is 5.92 Å². The normalized spacial score (nSPS) is 14.0. The van der Waals surface area contributed by atoms with Crippen LogP contribution in [0.15, 0.2) is 41.3 Å². The van der Waals surface area contributed by atoms with Crippen LogP contribution < -0.4 is 9.62 Å². The molecule has 0 saturated heterocycles. The van der Waals surface area contributed by atoms with Crippen molar-refractivity contribution in [3.05, 3.63) is 47.5 Å². The van der Waals surface area contributed by atoms with E-state index in [0.29, 0.717) is 17.6 Å². The fourth-order valence-corrected chi connectivity index (χ4v) is 5.14. The van der Waals surface area contributed by atoms with E-state index in [2.05, 4.69) is 13.5 Å². The van der Waals surface area contributed by atoms with Gasteiger partial charge in [-0.25, -0.2) is 13.1 Å². The summed E-state index contributed by atoms with van der Waals surface area (Å²) in [4.78, 5) is 14.3. The first-order chi connectivity index (χ1) is 13.4. The van der Waals surface area contributed by atoms with Crippen molar-refractivity contribution in [1.82, 2.24) is 13.5 Å². The van der Waals surface area contributed by atoms with Crippen molar-refractivity contribution in [3.8, 4) is 0 Å². The average molecular weight is 417 g/mol. The monoisotopic (exact) mass is 416 g/mol. The van der Waals surface area contributed by atoms with Crippen LogP contribution in [0.25, 0.3) is 11.0 Å². The Morgan fingerprint density at radius 3 is 2.86 bits per heavy atom. The Balaban J connectivity index is 1.53. The van der Waals surface area contributed by atoms with Gasteiger partial charge in [0.05, 0.1) is 11.7 Å². The molecule has 9 heteroatoms. The second kappa shape index (κ2) is 7.23. The third-order valence-corrected chi connectivity index (χ3v) is 6.78. The van der Waals surface area contributed by atoms with Crippen LogP contribution in [0.4, 0.5) is 5.69 Å². The molecule has 0 atom stereocenters. The van der Waals surface area contributed by atoms with Crippen LogP contribution in [0.5, 0.6) is 0 Å². The smallest absolute Gasteiger partial charge is 0.243 e. The highest BCUT2D eigenvalue weighted by Gasteiger charge is 2.26. The molecule has 1 N–H and O–H groups in total. The first-order valence-electron chi connectivity index (χ1n) is 9.01. The van der Waals surface area contributed by atoms with E-state index in [4.69, 9.17) is 0 Å². The molecule has 28 heavy (non-hydrogen) atoms. The van der Waals surface area contributed by atoms with Crippen LogP contribution in [-0.2, 0) is 27.8 Å². The van der Waals surface area contributed by atoms with Crippen LogP contribution >= 0.6 is 11.7 Å². The molecule has 0 saturated carbocycles. The van der Waals surface area contributed by atoms with Crippen molar-refractivity contribution in [2.45, 2.75) is 31.7 Å². The fourth-order valence-electron chi connectivity index (χ4n) is 3.36. The zero-order chi connectivity index (χ0) is 19.9. The number of nitrogens with zero attached hydrogens (tertiary/aromatic N) is 3. The quantitative estimate of drug-likeness (QED) is 0.690. The average Bonchev–Trinajstić information content (AvgIpc) is 3.31. The van der Waals surface area contributed by atoms with E-state index in [1.165, 1.54) is 6.07 Å². The van der Waals surface area contributed by atoms with Crippen LogP contribution in [0.1, 0.15) is 25.0 Å². The van der Waals surface area contributed by atoms with Crippen LogP contribution in [-0.4, -0.2) is 29.6 Å². The molecular weight excluding hydrogens is 396 g/mol. The van der Waals surface area contributed by atoms with E-state index >= 15 is 0 Å². The summed E-state index contributed by atoms with van der Waals surface area (Å²) in [6.07, 6.45) is 0.776. The molecule has 0 unspecified atom stereocenters. The van der Waals surface area contributed by atoms with Crippen molar-refractivity contribution in [2.24, 2.45) is 5.92 Å². The lowest BCUT2D eigenvalue weighted by atomic mass is 10.1. The van der Waals surface area contributed by atoms with Crippen LogP contribution in [0.2, 0.25) is 0 Å². The predicted octanol–water partition coefficient (Wildman–Crippen LogP) is 2.71. The minimum absolute atomic E-state index is 0.0552. The van der Waals surface area contributed by atoms with E-state index in [0.717, 1.165) is 35.0 Å². The highest BCUT2D eigenvalue weighted by molar-refractivity contribution is 7.89. The lowest BCUT2D eigenvalue weighted by Crippen LogP contribution is -2.32. The number of rotatable bonds is 5. The highest BCUT2D eigenvalue weighted by Crippen LogP contribution is 2.30. The summed E-state index contributed by atoms with van der Waals surface area (Å²) in [5.74, 6) is 0.0533. The predicted molar refractivity (Wildman–Crippen MR) is 109 cm³/mol. The standard InChI is InChI=1S/C19H20N4O3S2/c1-12(2)19(24)23-9-8-14-10-13(6-7-16(14)23)11-20-28(25,26)17-5-3-4-15-18(17)22-27-21-15/h3-7,10,12,20H,8-9,11H2,1-2H3. The molecule has 2 heterocycles. The lowest BCUT2D eigenvalue weighted by molar-refractivity contribution is -0.121. The summed E-state index contributed by atoms with van der Waals surface area (Å²) in [5.41, 5.74) is 3.79.